The molecule has 3 aromatic rings. The van der Waals surface area contributed by atoms with Crippen LogP contribution in [-0.2, 0) is 17.8 Å². The summed E-state index contributed by atoms with van der Waals surface area (Å²) in [4.78, 5) is 18.5. The Bertz CT molecular complexity index is 977. The van der Waals surface area contributed by atoms with E-state index >= 15 is 0 Å². The lowest BCUT2D eigenvalue weighted by Crippen LogP contribution is -2.26. The maximum absolute atomic E-state index is 12.3. The van der Waals surface area contributed by atoms with Crippen molar-refractivity contribution in [3.05, 3.63) is 77.8 Å². The van der Waals surface area contributed by atoms with Gasteiger partial charge >= 0.3 is 0 Å². The van der Waals surface area contributed by atoms with E-state index in [1.807, 2.05) is 30.3 Å². The molecule has 0 radical (unpaired) electrons. The number of rotatable bonds is 4. The number of anilines is 1. The van der Waals surface area contributed by atoms with Crippen molar-refractivity contribution in [3.63, 3.8) is 0 Å². The van der Waals surface area contributed by atoms with E-state index in [-0.39, 0.29) is 5.91 Å². The zero-order valence-corrected chi connectivity index (χ0v) is 15.2. The lowest BCUT2D eigenvalue weighted by molar-refractivity contribution is -0.111. The molecule has 1 N–H and O–H groups in total. The van der Waals surface area contributed by atoms with Gasteiger partial charge in [-0.3, -0.25) is 4.79 Å². The number of likely N-dealkylation sites (N-methyl/N-ethyl adjacent to an activating group) is 1. The van der Waals surface area contributed by atoms with E-state index in [1.165, 1.54) is 17.5 Å². The van der Waals surface area contributed by atoms with Gasteiger partial charge in [-0.1, -0.05) is 30.3 Å². The van der Waals surface area contributed by atoms with Crippen LogP contribution in [0.3, 0.4) is 0 Å². The molecule has 136 valence electrons. The largest absolute Gasteiger partial charge is 0.444 e. The molecule has 0 saturated carbocycles. The van der Waals surface area contributed by atoms with E-state index in [9.17, 15) is 4.79 Å². The summed E-state index contributed by atoms with van der Waals surface area (Å²) < 4.78 is 5.30. The molecule has 0 saturated heterocycles. The molecule has 0 fully saturated rings. The van der Waals surface area contributed by atoms with Crippen LogP contribution in [0.2, 0.25) is 0 Å². The Labute approximate surface area is 158 Å². The number of carbonyl (C=O) groups excluding carboxylic acids is 1. The number of carbonyl (C=O) groups is 1. The molecule has 4 rings (SSSR count). The van der Waals surface area contributed by atoms with Crippen LogP contribution in [-0.4, -0.2) is 29.4 Å². The molecule has 1 aliphatic rings. The van der Waals surface area contributed by atoms with Crippen LogP contribution in [0.1, 0.15) is 16.7 Å². The van der Waals surface area contributed by atoms with Gasteiger partial charge in [-0.25, -0.2) is 4.98 Å². The van der Waals surface area contributed by atoms with Crippen LogP contribution in [0.5, 0.6) is 0 Å². The highest BCUT2D eigenvalue weighted by atomic mass is 16.3. The van der Waals surface area contributed by atoms with Gasteiger partial charge in [-0.05, 0) is 48.4 Å². The van der Waals surface area contributed by atoms with E-state index in [0.717, 1.165) is 30.6 Å². The third-order valence-corrected chi connectivity index (χ3v) is 4.71. The van der Waals surface area contributed by atoms with Gasteiger partial charge in [0.05, 0.1) is 6.20 Å². The van der Waals surface area contributed by atoms with Gasteiger partial charge in [0.15, 0.2) is 12.2 Å². The maximum atomic E-state index is 12.3. The summed E-state index contributed by atoms with van der Waals surface area (Å²) in [5.74, 6) is 0.500. The number of fused-ring (bicyclic) bond motifs is 1. The zero-order valence-electron chi connectivity index (χ0n) is 15.2. The molecule has 0 unspecified atom stereocenters. The van der Waals surface area contributed by atoms with Crippen LogP contribution < -0.4 is 5.32 Å². The van der Waals surface area contributed by atoms with Gasteiger partial charge in [-0.2, -0.15) is 0 Å². The first-order chi connectivity index (χ1) is 13.2. The molecule has 0 bridgehead atoms. The molecule has 5 nitrogen and oxygen atoms in total. The Hall–Kier alpha value is -3.18. The minimum absolute atomic E-state index is 0.167. The van der Waals surface area contributed by atoms with Crippen molar-refractivity contribution >= 4 is 17.7 Å². The lowest BCUT2D eigenvalue weighted by Gasteiger charge is -2.25. The second-order valence-electron chi connectivity index (χ2n) is 6.79. The van der Waals surface area contributed by atoms with E-state index in [2.05, 4.69) is 40.4 Å². The highest BCUT2D eigenvalue weighted by Crippen LogP contribution is 2.22. The molecule has 0 spiro atoms. The number of hydrogen-bond donors (Lipinski definition) is 1. The summed E-state index contributed by atoms with van der Waals surface area (Å²) in [6, 6.07) is 13.9. The van der Waals surface area contributed by atoms with Crippen LogP contribution in [0.4, 0.5) is 5.69 Å². The SMILES string of the molecule is CN1CCc2ccc(/C=C/C(=O)Nc3cccc(-c4cnco4)c3)cc2C1. The molecule has 5 heteroatoms. The molecule has 2 heterocycles. The average molecular weight is 359 g/mol. The number of aromatic nitrogens is 1. The predicted octanol–water partition coefficient (Wildman–Crippen LogP) is 3.98. The summed E-state index contributed by atoms with van der Waals surface area (Å²) in [5, 5.41) is 2.89. The number of amides is 1. The molecule has 0 atom stereocenters. The second kappa shape index (κ2) is 7.60. The minimum Gasteiger partial charge on any atom is -0.444 e. The molecule has 1 aliphatic heterocycles. The Kier molecular flexibility index (Phi) is 4.85. The third-order valence-electron chi connectivity index (χ3n) is 4.71. The van der Waals surface area contributed by atoms with Gasteiger partial charge in [0.1, 0.15) is 0 Å². The normalized spacial score (nSPS) is 14.3. The lowest BCUT2D eigenvalue weighted by atomic mass is 9.97. The Balaban J connectivity index is 1.44. The van der Waals surface area contributed by atoms with Crippen molar-refractivity contribution in [2.75, 3.05) is 18.9 Å². The van der Waals surface area contributed by atoms with Crippen molar-refractivity contribution < 1.29 is 9.21 Å². The van der Waals surface area contributed by atoms with Crippen LogP contribution in [0.15, 0.2) is 65.5 Å². The number of hydrogen-bond acceptors (Lipinski definition) is 4. The zero-order chi connectivity index (χ0) is 18.6. The van der Waals surface area contributed by atoms with Gasteiger partial charge in [-0.15, -0.1) is 0 Å². The average Bonchev–Trinajstić information content (AvgIpc) is 3.21. The summed E-state index contributed by atoms with van der Waals surface area (Å²) in [6.07, 6.45) is 7.53. The fourth-order valence-electron chi connectivity index (χ4n) is 3.29. The Morgan fingerprint density at radius 1 is 1.22 bits per heavy atom. The van der Waals surface area contributed by atoms with E-state index in [4.69, 9.17) is 4.42 Å². The number of nitrogens with one attached hydrogen (secondary N) is 1. The quantitative estimate of drug-likeness (QED) is 0.716. The Morgan fingerprint density at radius 2 is 2.15 bits per heavy atom. The van der Waals surface area contributed by atoms with Crippen molar-refractivity contribution in [2.45, 2.75) is 13.0 Å². The first-order valence-electron chi connectivity index (χ1n) is 8.96. The smallest absolute Gasteiger partial charge is 0.248 e. The minimum atomic E-state index is -0.167. The maximum Gasteiger partial charge on any atom is 0.248 e. The van der Waals surface area contributed by atoms with Crippen molar-refractivity contribution in [1.29, 1.82) is 0 Å². The number of benzene rings is 2. The fourth-order valence-corrected chi connectivity index (χ4v) is 3.29. The van der Waals surface area contributed by atoms with Gasteiger partial charge in [0.25, 0.3) is 0 Å². The molecule has 27 heavy (non-hydrogen) atoms. The van der Waals surface area contributed by atoms with Crippen molar-refractivity contribution in [1.82, 2.24) is 9.88 Å². The molecular weight excluding hydrogens is 338 g/mol. The van der Waals surface area contributed by atoms with E-state index < -0.39 is 0 Å². The standard InChI is InChI=1S/C22H21N3O2/c1-25-10-9-17-7-5-16(11-19(17)14-25)6-8-22(26)24-20-4-2-3-18(12-20)21-13-23-15-27-21/h2-8,11-13,15H,9-10,14H2,1H3,(H,24,26)/b8-6+. The van der Waals surface area contributed by atoms with E-state index in [1.54, 1.807) is 12.3 Å². The molecule has 1 amide bonds. The molecule has 1 aromatic heterocycles. The predicted molar refractivity (Wildman–Crippen MR) is 106 cm³/mol. The number of nitrogens with zero attached hydrogens (tertiary/aromatic N) is 2. The molecule has 2 aromatic carbocycles. The topological polar surface area (TPSA) is 58.4 Å². The molecular formula is C22H21N3O2. The van der Waals surface area contributed by atoms with Gasteiger partial charge < -0.3 is 14.6 Å². The van der Waals surface area contributed by atoms with Crippen LogP contribution in [0, 0.1) is 0 Å². The van der Waals surface area contributed by atoms with Crippen LogP contribution in [0.25, 0.3) is 17.4 Å². The Morgan fingerprint density at radius 3 is 3.00 bits per heavy atom. The van der Waals surface area contributed by atoms with Gasteiger partial charge in [0, 0.05) is 30.4 Å². The summed E-state index contributed by atoms with van der Waals surface area (Å²) in [7, 11) is 2.13. The third kappa shape index (κ3) is 4.15. The monoisotopic (exact) mass is 359 g/mol. The summed E-state index contributed by atoms with van der Waals surface area (Å²) in [5.41, 5.74) is 5.36. The molecule has 0 aliphatic carbocycles. The van der Waals surface area contributed by atoms with Crippen LogP contribution >= 0.6 is 0 Å². The highest BCUT2D eigenvalue weighted by Gasteiger charge is 2.12. The first-order valence-corrected chi connectivity index (χ1v) is 8.96. The second-order valence-corrected chi connectivity index (χ2v) is 6.79. The summed E-state index contributed by atoms with van der Waals surface area (Å²) in [6.45, 7) is 2.05. The number of oxazole rings is 1. The summed E-state index contributed by atoms with van der Waals surface area (Å²) >= 11 is 0. The first kappa shape index (κ1) is 17.2. The van der Waals surface area contributed by atoms with Gasteiger partial charge in [0.2, 0.25) is 5.91 Å². The van der Waals surface area contributed by atoms with Crippen molar-refractivity contribution in [2.24, 2.45) is 0 Å². The fraction of sp³-hybridized carbons (Fsp3) is 0.182. The highest BCUT2D eigenvalue weighted by molar-refractivity contribution is 6.02. The van der Waals surface area contributed by atoms with E-state index in [0.29, 0.717) is 11.4 Å². The van der Waals surface area contributed by atoms with Crippen molar-refractivity contribution in [3.8, 4) is 11.3 Å².